The van der Waals surface area contributed by atoms with E-state index in [0.717, 1.165) is 0 Å². The molecule has 0 aromatic heterocycles. The van der Waals surface area contributed by atoms with Crippen LogP contribution in [-0.4, -0.2) is 28.7 Å². The normalized spacial score (nSPS) is 13.5. The predicted molar refractivity (Wildman–Crippen MR) is 62.2 cm³/mol. The summed E-state index contributed by atoms with van der Waals surface area (Å²) in [6, 6.07) is 3.92. The minimum atomic E-state index is -0.570. The van der Waals surface area contributed by atoms with Gasteiger partial charge in [0.05, 0.1) is 11.8 Å². The molecule has 1 atom stereocenters. The number of hydrogen-bond acceptors (Lipinski definition) is 4. The highest BCUT2D eigenvalue weighted by molar-refractivity contribution is 6.00. The minimum absolute atomic E-state index is 0.119. The second kappa shape index (κ2) is 6.20. The third-order valence-electron chi connectivity index (χ3n) is 2.38. The van der Waals surface area contributed by atoms with Crippen LogP contribution in [0.5, 0.6) is 5.75 Å². The monoisotopic (exact) mass is 241 g/mol. The molecule has 0 heterocycles. The Kier molecular flexibility index (Phi) is 4.90. The van der Waals surface area contributed by atoms with Crippen molar-refractivity contribution in [1.29, 1.82) is 0 Å². The van der Waals surface area contributed by atoms with E-state index in [4.69, 9.17) is 9.94 Å². The number of oxime groups is 1. The average Bonchev–Trinajstić information content (AvgIpc) is 2.35. The lowest BCUT2D eigenvalue weighted by Gasteiger charge is -2.13. The SMILES string of the molecule is CCC(O)COc1ccc(F)cc1C(C)=NO. The summed E-state index contributed by atoms with van der Waals surface area (Å²) in [5, 5.41) is 21.1. The maximum absolute atomic E-state index is 13.1. The minimum Gasteiger partial charge on any atom is -0.490 e. The van der Waals surface area contributed by atoms with E-state index >= 15 is 0 Å². The van der Waals surface area contributed by atoms with E-state index in [1.807, 2.05) is 6.92 Å². The van der Waals surface area contributed by atoms with Gasteiger partial charge in [0.15, 0.2) is 0 Å². The number of nitrogens with zero attached hydrogens (tertiary/aromatic N) is 1. The van der Waals surface area contributed by atoms with E-state index in [-0.39, 0.29) is 12.3 Å². The summed E-state index contributed by atoms with van der Waals surface area (Å²) >= 11 is 0. The molecule has 0 saturated carbocycles. The third-order valence-corrected chi connectivity index (χ3v) is 2.38. The first-order chi connectivity index (χ1) is 8.08. The molecular formula is C12H16FNO3. The van der Waals surface area contributed by atoms with Crippen molar-refractivity contribution in [2.24, 2.45) is 5.16 Å². The van der Waals surface area contributed by atoms with Crippen LogP contribution in [0.25, 0.3) is 0 Å². The Labute approximate surface area is 99.3 Å². The molecule has 1 aromatic carbocycles. The molecule has 17 heavy (non-hydrogen) atoms. The Morgan fingerprint density at radius 2 is 2.24 bits per heavy atom. The number of aliphatic hydroxyl groups is 1. The van der Waals surface area contributed by atoms with Crippen LogP contribution in [0.15, 0.2) is 23.4 Å². The number of ether oxygens (including phenoxy) is 1. The standard InChI is InChI=1S/C12H16FNO3/c1-3-10(15)7-17-12-5-4-9(13)6-11(12)8(2)14-16/h4-6,10,15-16H,3,7H2,1-2H3. The second-order valence-electron chi connectivity index (χ2n) is 3.70. The van der Waals surface area contributed by atoms with Crippen LogP contribution in [0.1, 0.15) is 25.8 Å². The maximum Gasteiger partial charge on any atom is 0.128 e. The van der Waals surface area contributed by atoms with Gasteiger partial charge < -0.3 is 15.1 Å². The smallest absolute Gasteiger partial charge is 0.128 e. The average molecular weight is 241 g/mol. The fourth-order valence-electron chi connectivity index (χ4n) is 1.27. The van der Waals surface area contributed by atoms with Gasteiger partial charge in [0.1, 0.15) is 18.2 Å². The predicted octanol–water partition coefficient (Wildman–Crippen LogP) is 2.17. The van der Waals surface area contributed by atoms with E-state index < -0.39 is 11.9 Å². The van der Waals surface area contributed by atoms with E-state index in [0.29, 0.717) is 17.7 Å². The Morgan fingerprint density at radius 1 is 1.53 bits per heavy atom. The van der Waals surface area contributed by atoms with Crippen molar-refractivity contribution in [2.45, 2.75) is 26.4 Å². The molecule has 0 amide bonds. The van der Waals surface area contributed by atoms with Gasteiger partial charge in [-0.25, -0.2) is 4.39 Å². The van der Waals surface area contributed by atoms with Crippen molar-refractivity contribution >= 4 is 5.71 Å². The molecule has 0 spiro atoms. The molecule has 5 heteroatoms. The van der Waals surface area contributed by atoms with Gasteiger partial charge in [-0.15, -0.1) is 0 Å². The van der Waals surface area contributed by atoms with Crippen LogP contribution >= 0.6 is 0 Å². The largest absolute Gasteiger partial charge is 0.490 e. The Balaban J connectivity index is 2.91. The zero-order valence-electron chi connectivity index (χ0n) is 9.85. The lowest BCUT2D eigenvalue weighted by molar-refractivity contribution is 0.104. The maximum atomic E-state index is 13.1. The molecule has 0 bridgehead atoms. The van der Waals surface area contributed by atoms with Gasteiger partial charge in [-0.3, -0.25) is 0 Å². The molecule has 94 valence electrons. The molecule has 0 aliphatic carbocycles. The van der Waals surface area contributed by atoms with Crippen LogP contribution < -0.4 is 4.74 Å². The van der Waals surface area contributed by atoms with Crippen molar-refractivity contribution < 1.29 is 19.4 Å². The number of halogens is 1. The first-order valence-corrected chi connectivity index (χ1v) is 5.38. The topological polar surface area (TPSA) is 62.0 Å². The van der Waals surface area contributed by atoms with Crippen molar-refractivity contribution in [3.05, 3.63) is 29.6 Å². The summed E-state index contributed by atoms with van der Waals surface area (Å²) in [6.07, 6.45) is 0.00290. The molecule has 1 aromatic rings. The van der Waals surface area contributed by atoms with Crippen LogP contribution in [-0.2, 0) is 0 Å². The summed E-state index contributed by atoms with van der Waals surface area (Å²) < 4.78 is 18.4. The quantitative estimate of drug-likeness (QED) is 0.472. The molecule has 0 saturated heterocycles. The van der Waals surface area contributed by atoms with E-state index in [2.05, 4.69) is 5.16 Å². The molecule has 0 aliphatic heterocycles. The molecule has 1 unspecified atom stereocenters. The number of rotatable bonds is 5. The van der Waals surface area contributed by atoms with Crippen molar-refractivity contribution in [3.63, 3.8) is 0 Å². The Bertz CT molecular complexity index is 407. The lowest BCUT2D eigenvalue weighted by Crippen LogP contribution is -2.17. The highest BCUT2D eigenvalue weighted by Crippen LogP contribution is 2.21. The zero-order chi connectivity index (χ0) is 12.8. The number of aliphatic hydroxyl groups excluding tert-OH is 1. The van der Waals surface area contributed by atoms with Gasteiger partial charge in [0, 0.05) is 5.56 Å². The third kappa shape index (κ3) is 3.71. The van der Waals surface area contributed by atoms with Crippen LogP contribution in [0.2, 0.25) is 0 Å². The van der Waals surface area contributed by atoms with Gasteiger partial charge in [-0.05, 0) is 31.5 Å². The van der Waals surface area contributed by atoms with Crippen LogP contribution in [0, 0.1) is 5.82 Å². The summed E-state index contributed by atoms with van der Waals surface area (Å²) in [4.78, 5) is 0. The van der Waals surface area contributed by atoms with Crippen molar-refractivity contribution in [3.8, 4) is 5.75 Å². The van der Waals surface area contributed by atoms with E-state index in [1.165, 1.54) is 25.1 Å². The van der Waals surface area contributed by atoms with Gasteiger partial charge in [-0.1, -0.05) is 12.1 Å². The zero-order valence-corrected chi connectivity index (χ0v) is 9.85. The lowest BCUT2D eigenvalue weighted by atomic mass is 10.1. The Morgan fingerprint density at radius 3 is 2.82 bits per heavy atom. The van der Waals surface area contributed by atoms with Gasteiger partial charge >= 0.3 is 0 Å². The molecule has 0 aliphatic rings. The molecule has 1 rings (SSSR count). The summed E-state index contributed by atoms with van der Waals surface area (Å²) in [7, 11) is 0. The van der Waals surface area contributed by atoms with Gasteiger partial charge in [0.2, 0.25) is 0 Å². The van der Waals surface area contributed by atoms with E-state index in [9.17, 15) is 9.50 Å². The fourth-order valence-corrected chi connectivity index (χ4v) is 1.27. The molecule has 0 radical (unpaired) electrons. The van der Waals surface area contributed by atoms with Gasteiger partial charge in [0.25, 0.3) is 0 Å². The Hall–Kier alpha value is -1.62. The van der Waals surface area contributed by atoms with Crippen molar-refractivity contribution in [1.82, 2.24) is 0 Å². The van der Waals surface area contributed by atoms with E-state index in [1.54, 1.807) is 0 Å². The number of benzene rings is 1. The summed E-state index contributed by atoms with van der Waals surface area (Å²) in [5.74, 6) is -0.0550. The molecule has 0 fully saturated rings. The molecular weight excluding hydrogens is 225 g/mol. The summed E-state index contributed by atoms with van der Waals surface area (Å²) in [5.41, 5.74) is 0.626. The van der Waals surface area contributed by atoms with Crippen LogP contribution in [0.3, 0.4) is 0 Å². The van der Waals surface area contributed by atoms with Gasteiger partial charge in [-0.2, -0.15) is 0 Å². The highest BCUT2D eigenvalue weighted by Gasteiger charge is 2.10. The first kappa shape index (κ1) is 13.4. The molecule has 4 nitrogen and oxygen atoms in total. The van der Waals surface area contributed by atoms with Crippen molar-refractivity contribution in [2.75, 3.05) is 6.61 Å². The highest BCUT2D eigenvalue weighted by atomic mass is 19.1. The number of hydrogen-bond donors (Lipinski definition) is 2. The molecule has 2 N–H and O–H groups in total. The van der Waals surface area contributed by atoms with Crippen LogP contribution in [0.4, 0.5) is 4.39 Å². The first-order valence-electron chi connectivity index (χ1n) is 5.38. The second-order valence-corrected chi connectivity index (χ2v) is 3.70. The fraction of sp³-hybridized carbons (Fsp3) is 0.417. The summed E-state index contributed by atoms with van der Waals surface area (Å²) in [6.45, 7) is 3.49.